The molecule has 0 bridgehead atoms. The fraction of sp³-hybridized carbons (Fsp3) is 0. The summed E-state index contributed by atoms with van der Waals surface area (Å²) in [5, 5.41) is 1.44. The van der Waals surface area contributed by atoms with Crippen molar-refractivity contribution in [3.8, 4) is 11.3 Å². The summed E-state index contributed by atoms with van der Waals surface area (Å²) in [5.41, 5.74) is 1.36. The molecule has 0 unspecified atom stereocenters. The Hall–Kier alpha value is -0.760. The van der Waals surface area contributed by atoms with Crippen molar-refractivity contribution in [3.63, 3.8) is 0 Å². The van der Waals surface area contributed by atoms with Crippen molar-refractivity contribution in [1.29, 1.82) is 0 Å². The molecule has 75 valence electrons. The van der Waals surface area contributed by atoms with Crippen molar-refractivity contribution >= 4 is 34.8 Å². The van der Waals surface area contributed by atoms with Gasteiger partial charge in [0.1, 0.15) is 0 Å². The third-order valence-electron chi connectivity index (χ3n) is 1.88. The van der Waals surface area contributed by atoms with Crippen LogP contribution >= 0.6 is 34.8 Å². The summed E-state index contributed by atoms with van der Waals surface area (Å²) < 4.78 is 0. The number of halogens is 3. The molecular weight excluding hydrogens is 252 g/mol. The summed E-state index contributed by atoms with van der Waals surface area (Å²) in [6, 6.07) is 9.79. The first-order valence-electron chi connectivity index (χ1n) is 4.16. The molecule has 0 saturated heterocycles. The first kappa shape index (κ1) is 10.7. The van der Waals surface area contributed by atoms with Crippen LogP contribution in [0.2, 0.25) is 15.1 Å². The van der Waals surface area contributed by atoms with E-state index < -0.39 is 0 Å². The van der Waals surface area contributed by atoms with Gasteiger partial charge in [-0.3, -0.25) is 4.98 Å². The van der Waals surface area contributed by atoms with Crippen molar-refractivity contribution in [2.45, 2.75) is 0 Å². The molecular formula is C11H5Cl3N. The molecule has 4 heteroatoms. The summed E-state index contributed by atoms with van der Waals surface area (Å²) in [4.78, 5) is 4.16. The Balaban J connectivity index is 2.60. The molecule has 15 heavy (non-hydrogen) atoms. The zero-order chi connectivity index (χ0) is 10.8. The lowest BCUT2D eigenvalue weighted by molar-refractivity contribution is 1.33. The minimum absolute atomic E-state index is 0.420. The first-order valence-corrected chi connectivity index (χ1v) is 5.30. The second-order valence-corrected chi connectivity index (χ2v) is 4.06. The highest BCUT2D eigenvalue weighted by atomic mass is 35.5. The molecule has 0 aliphatic heterocycles. The molecule has 1 radical (unpaired) electrons. The van der Waals surface area contributed by atoms with Crippen LogP contribution in [-0.4, -0.2) is 4.98 Å². The van der Waals surface area contributed by atoms with Crippen LogP contribution in [-0.2, 0) is 0 Å². The first-order chi connectivity index (χ1) is 7.18. The number of hydrogen-bond donors (Lipinski definition) is 0. The molecule has 0 saturated carbocycles. The Bertz CT molecular complexity index is 497. The minimum Gasteiger partial charge on any atom is -0.255 e. The number of nitrogens with zero attached hydrogens (tertiary/aromatic N) is 1. The van der Waals surface area contributed by atoms with Gasteiger partial charge in [0.25, 0.3) is 0 Å². The Morgan fingerprint density at radius 3 is 2.53 bits per heavy atom. The van der Waals surface area contributed by atoms with E-state index in [1.165, 1.54) is 0 Å². The average molecular weight is 258 g/mol. The molecule has 1 nitrogen and oxygen atoms in total. The number of rotatable bonds is 1. The maximum atomic E-state index is 6.00. The smallest absolute Gasteiger partial charge is 0.0903 e. The number of pyridine rings is 1. The maximum absolute atomic E-state index is 6.00. The minimum atomic E-state index is 0.420. The van der Waals surface area contributed by atoms with Crippen LogP contribution in [0.3, 0.4) is 0 Å². The molecule has 0 spiro atoms. The second-order valence-electron chi connectivity index (χ2n) is 2.87. The lowest BCUT2D eigenvalue weighted by atomic mass is 10.1. The summed E-state index contributed by atoms with van der Waals surface area (Å²) >= 11 is 17.8. The van der Waals surface area contributed by atoms with Crippen LogP contribution in [0.25, 0.3) is 11.3 Å². The molecule has 2 aromatic rings. The van der Waals surface area contributed by atoms with Crippen LogP contribution in [0, 0.1) is 6.07 Å². The molecule has 0 atom stereocenters. The summed E-state index contributed by atoms with van der Waals surface area (Å²) in [6.45, 7) is 0. The van der Waals surface area contributed by atoms with Gasteiger partial charge in [-0.25, -0.2) is 0 Å². The van der Waals surface area contributed by atoms with Gasteiger partial charge < -0.3 is 0 Å². The third kappa shape index (κ3) is 2.25. The Morgan fingerprint density at radius 2 is 1.87 bits per heavy atom. The van der Waals surface area contributed by atoms with Crippen molar-refractivity contribution < 1.29 is 0 Å². The van der Waals surface area contributed by atoms with Gasteiger partial charge in [0.2, 0.25) is 0 Å². The van der Waals surface area contributed by atoms with E-state index >= 15 is 0 Å². The quantitative estimate of drug-likeness (QED) is 0.732. The Labute approximate surface area is 103 Å². The van der Waals surface area contributed by atoms with Crippen molar-refractivity contribution in [2.24, 2.45) is 0 Å². The molecule has 0 N–H and O–H groups in total. The number of hydrogen-bond acceptors (Lipinski definition) is 1. The highest BCUT2D eigenvalue weighted by Crippen LogP contribution is 2.32. The predicted octanol–water partition coefficient (Wildman–Crippen LogP) is 4.51. The van der Waals surface area contributed by atoms with E-state index in [1.54, 1.807) is 30.5 Å². The lowest BCUT2D eigenvalue weighted by Crippen LogP contribution is -1.85. The molecule has 1 aromatic carbocycles. The van der Waals surface area contributed by atoms with E-state index in [0.717, 1.165) is 5.56 Å². The maximum Gasteiger partial charge on any atom is 0.0903 e. The van der Waals surface area contributed by atoms with Gasteiger partial charge in [0.15, 0.2) is 0 Å². The molecule has 1 aromatic heterocycles. The third-order valence-corrected chi connectivity index (χ3v) is 2.70. The van der Waals surface area contributed by atoms with Gasteiger partial charge in [0.05, 0.1) is 20.8 Å². The SMILES string of the molecule is Clc1[c]c(Cl)c(-c2ncccc2Cl)cc1. The second kappa shape index (κ2) is 4.40. The largest absolute Gasteiger partial charge is 0.255 e. The van der Waals surface area contributed by atoms with Gasteiger partial charge in [-0.05, 0) is 24.3 Å². The van der Waals surface area contributed by atoms with Crippen molar-refractivity contribution in [1.82, 2.24) is 4.98 Å². The van der Waals surface area contributed by atoms with Gasteiger partial charge in [-0.2, -0.15) is 0 Å². The van der Waals surface area contributed by atoms with E-state index in [-0.39, 0.29) is 0 Å². The molecule has 0 aliphatic carbocycles. The average Bonchev–Trinajstić information content (AvgIpc) is 2.20. The fourth-order valence-corrected chi connectivity index (χ4v) is 1.89. The Kier molecular flexibility index (Phi) is 3.15. The zero-order valence-corrected chi connectivity index (χ0v) is 9.74. The van der Waals surface area contributed by atoms with Crippen LogP contribution < -0.4 is 0 Å². The lowest BCUT2D eigenvalue weighted by Gasteiger charge is -2.05. The van der Waals surface area contributed by atoms with E-state index in [0.29, 0.717) is 20.8 Å². The van der Waals surface area contributed by atoms with Crippen LogP contribution in [0.1, 0.15) is 0 Å². The summed E-state index contributed by atoms with van der Waals surface area (Å²) in [5.74, 6) is 0. The fourth-order valence-electron chi connectivity index (χ4n) is 1.21. The van der Waals surface area contributed by atoms with Crippen LogP contribution in [0.5, 0.6) is 0 Å². The molecule has 1 heterocycles. The topological polar surface area (TPSA) is 12.9 Å². The van der Waals surface area contributed by atoms with E-state index in [2.05, 4.69) is 11.1 Å². The van der Waals surface area contributed by atoms with Crippen LogP contribution in [0.4, 0.5) is 0 Å². The van der Waals surface area contributed by atoms with E-state index in [9.17, 15) is 0 Å². The standard InChI is InChI=1S/C11H5Cl3N/c12-7-3-4-8(10(14)6-7)11-9(13)2-1-5-15-11/h1-5H. The molecule has 0 aliphatic rings. The van der Waals surface area contributed by atoms with Gasteiger partial charge in [0, 0.05) is 17.8 Å². The highest BCUT2D eigenvalue weighted by Gasteiger charge is 2.08. The summed E-state index contributed by atoms with van der Waals surface area (Å²) in [7, 11) is 0. The van der Waals surface area contributed by atoms with Gasteiger partial charge in [-0.15, -0.1) is 0 Å². The van der Waals surface area contributed by atoms with E-state index in [4.69, 9.17) is 34.8 Å². The Morgan fingerprint density at radius 1 is 1.07 bits per heavy atom. The van der Waals surface area contributed by atoms with Crippen molar-refractivity contribution in [3.05, 3.63) is 51.6 Å². The summed E-state index contributed by atoms with van der Waals surface area (Å²) in [6.07, 6.45) is 1.66. The molecule has 0 fully saturated rings. The monoisotopic (exact) mass is 256 g/mol. The predicted molar refractivity (Wildman–Crippen MR) is 63.5 cm³/mol. The normalized spacial score (nSPS) is 10.3. The van der Waals surface area contributed by atoms with Crippen LogP contribution in [0.15, 0.2) is 30.5 Å². The van der Waals surface area contributed by atoms with Gasteiger partial charge >= 0.3 is 0 Å². The van der Waals surface area contributed by atoms with Gasteiger partial charge in [-0.1, -0.05) is 34.8 Å². The number of benzene rings is 1. The zero-order valence-electron chi connectivity index (χ0n) is 7.47. The van der Waals surface area contributed by atoms with E-state index in [1.807, 2.05) is 0 Å². The molecule has 2 rings (SSSR count). The number of aromatic nitrogens is 1. The highest BCUT2D eigenvalue weighted by molar-refractivity contribution is 6.37. The van der Waals surface area contributed by atoms with Crippen molar-refractivity contribution in [2.75, 3.05) is 0 Å². The molecule has 0 amide bonds.